The Kier molecular flexibility index (Phi) is 5.53. The van der Waals surface area contributed by atoms with Crippen LogP contribution in [0.3, 0.4) is 0 Å². The first kappa shape index (κ1) is 24.2. The molecule has 0 bridgehead atoms. The van der Waals surface area contributed by atoms with E-state index in [9.17, 15) is 0 Å². The van der Waals surface area contributed by atoms with Gasteiger partial charge in [-0.25, -0.2) is 0 Å². The van der Waals surface area contributed by atoms with Gasteiger partial charge in [0.15, 0.2) is 0 Å². The van der Waals surface area contributed by atoms with Crippen molar-refractivity contribution in [2.45, 2.75) is 64.2 Å². The molecule has 0 aliphatic heterocycles. The minimum atomic E-state index is -0.146. The Morgan fingerprint density at radius 1 is 0.541 bits per heavy atom. The first-order chi connectivity index (χ1) is 17.8. The highest BCUT2D eigenvalue weighted by Gasteiger charge is 2.49. The minimum Gasteiger partial charge on any atom is -0.0699 e. The van der Waals surface area contributed by atoms with Crippen molar-refractivity contribution >= 4 is 0 Å². The van der Waals surface area contributed by atoms with E-state index in [-0.39, 0.29) is 16.2 Å². The summed E-state index contributed by atoms with van der Waals surface area (Å²) in [5, 5.41) is 0. The van der Waals surface area contributed by atoms with Crippen molar-refractivity contribution in [1.29, 1.82) is 0 Å². The second-order valence-corrected chi connectivity index (χ2v) is 12.5. The summed E-state index contributed by atoms with van der Waals surface area (Å²) >= 11 is 0. The fourth-order valence-electron chi connectivity index (χ4n) is 7.56. The van der Waals surface area contributed by atoms with Crippen molar-refractivity contribution in [2.24, 2.45) is 17.8 Å². The molecule has 0 N–H and O–H groups in total. The summed E-state index contributed by atoms with van der Waals surface area (Å²) in [6, 6.07) is 11.7. The highest BCUT2D eigenvalue weighted by atomic mass is 14.5. The molecule has 0 amide bonds. The molecule has 0 heteroatoms. The summed E-state index contributed by atoms with van der Waals surface area (Å²) in [6.07, 6.45) is 29.5. The van der Waals surface area contributed by atoms with Gasteiger partial charge in [-0.2, -0.15) is 0 Å². The first-order valence-electron chi connectivity index (χ1n) is 14.2. The predicted octanol–water partition coefficient (Wildman–Crippen LogP) is 9.32. The molecule has 0 fully saturated rings. The van der Waals surface area contributed by atoms with E-state index in [2.05, 4.69) is 145 Å². The van der Waals surface area contributed by atoms with Crippen LogP contribution in [0.15, 0.2) is 103 Å². The quantitative estimate of drug-likeness (QED) is 0.327. The Balaban J connectivity index is 1.84. The third kappa shape index (κ3) is 3.21. The van der Waals surface area contributed by atoms with Crippen molar-refractivity contribution in [3.05, 3.63) is 131 Å². The van der Waals surface area contributed by atoms with Crippen LogP contribution in [0.1, 0.15) is 69.4 Å². The molecule has 4 aliphatic rings. The standard InChI is InChI=1S/C37H40/c1-25(2)35(17-9-10-18-35)32-24-30-29-16-8-7-15-28(29)23-31(30)33(36(26(3)4)19-11-12-20-36)34(32)37(27(5)6)21-13-14-22-37/h7-22,24-27H,23H2,1-6H3. The van der Waals surface area contributed by atoms with E-state index in [1.54, 1.807) is 5.56 Å². The van der Waals surface area contributed by atoms with E-state index >= 15 is 0 Å². The molecule has 0 atom stereocenters. The van der Waals surface area contributed by atoms with Gasteiger partial charge in [-0.1, -0.05) is 139 Å². The molecular weight excluding hydrogens is 444 g/mol. The van der Waals surface area contributed by atoms with E-state index in [1.807, 2.05) is 0 Å². The summed E-state index contributed by atoms with van der Waals surface area (Å²) in [6.45, 7) is 14.4. The smallest absolute Gasteiger partial charge is 0.0347 e. The number of fused-ring (bicyclic) bond motifs is 3. The van der Waals surface area contributed by atoms with Gasteiger partial charge in [0, 0.05) is 16.2 Å². The lowest BCUT2D eigenvalue weighted by atomic mass is 9.57. The zero-order chi connectivity index (χ0) is 26.0. The fraction of sp³-hybridized carbons (Fsp3) is 0.351. The molecule has 0 heterocycles. The Bertz CT molecular complexity index is 1390. The van der Waals surface area contributed by atoms with Crippen LogP contribution in [0.4, 0.5) is 0 Å². The van der Waals surface area contributed by atoms with Crippen molar-refractivity contribution in [3.63, 3.8) is 0 Å². The van der Waals surface area contributed by atoms with Gasteiger partial charge in [-0.3, -0.25) is 0 Å². The van der Waals surface area contributed by atoms with Gasteiger partial charge in [0.05, 0.1) is 0 Å². The number of rotatable bonds is 6. The number of benzene rings is 2. The zero-order valence-corrected chi connectivity index (χ0v) is 23.3. The molecule has 0 nitrogen and oxygen atoms in total. The van der Waals surface area contributed by atoms with Crippen molar-refractivity contribution in [1.82, 2.24) is 0 Å². The summed E-state index contributed by atoms with van der Waals surface area (Å²) in [5.74, 6) is 1.30. The SMILES string of the molecule is CC(C)C1(c2cc3c(c(C4(C(C)C)C=CC=C4)c2C2(C(C)C)C=CC=C2)Cc2ccccc2-3)C=CC=C1. The Morgan fingerprint density at radius 2 is 1.00 bits per heavy atom. The molecule has 0 saturated carbocycles. The second kappa shape index (κ2) is 8.45. The van der Waals surface area contributed by atoms with Crippen LogP contribution in [0.25, 0.3) is 11.1 Å². The van der Waals surface area contributed by atoms with Gasteiger partial charge in [-0.05, 0) is 69.2 Å². The van der Waals surface area contributed by atoms with E-state index in [4.69, 9.17) is 0 Å². The van der Waals surface area contributed by atoms with Crippen LogP contribution in [0.2, 0.25) is 0 Å². The van der Waals surface area contributed by atoms with Crippen LogP contribution in [-0.4, -0.2) is 0 Å². The van der Waals surface area contributed by atoms with Crippen molar-refractivity contribution in [2.75, 3.05) is 0 Å². The van der Waals surface area contributed by atoms with Gasteiger partial charge in [-0.15, -0.1) is 0 Å². The van der Waals surface area contributed by atoms with Crippen LogP contribution >= 0.6 is 0 Å². The average molecular weight is 485 g/mol. The van der Waals surface area contributed by atoms with E-state index < -0.39 is 0 Å². The van der Waals surface area contributed by atoms with E-state index in [0.717, 1.165) is 6.42 Å². The maximum absolute atomic E-state index is 2.60. The fourth-order valence-corrected chi connectivity index (χ4v) is 7.56. The van der Waals surface area contributed by atoms with Gasteiger partial charge in [0.2, 0.25) is 0 Å². The number of hydrogen-bond acceptors (Lipinski definition) is 0. The zero-order valence-electron chi connectivity index (χ0n) is 23.3. The highest BCUT2D eigenvalue weighted by Crippen LogP contribution is 2.57. The average Bonchev–Trinajstić information content (AvgIpc) is 3.68. The van der Waals surface area contributed by atoms with Crippen molar-refractivity contribution in [3.8, 4) is 11.1 Å². The van der Waals surface area contributed by atoms with Crippen LogP contribution in [0.5, 0.6) is 0 Å². The lowest BCUT2D eigenvalue weighted by Crippen LogP contribution is -2.40. The molecule has 37 heavy (non-hydrogen) atoms. The summed E-state index contributed by atoms with van der Waals surface area (Å²) < 4.78 is 0. The monoisotopic (exact) mass is 484 g/mol. The normalized spacial score (nSPS) is 20.8. The summed E-state index contributed by atoms with van der Waals surface area (Å²) in [4.78, 5) is 0. The lowest BCUT2D eigenvalue weighted by molar-refractivity contribution is 0.411. The van der Waals surface area contributed by atoms with E-state index in [1.165, 1.54) is 33.4 Å². The molecule has 2 aromatic carbocycles. The molecule has 0 unspecified atom stereocenters. The molecule has 2 aromatic rings. The highest BCUT2D eigenvalue weighted by molar-refractivity contribution is 5.83. The molecule has 188 valence electrons. The summed E-state index contributed by atoms with van der Waals surface area (Å²) in [5.41, 5.74) is 10.0. The molecule has 6 rings (SSSR count). The van der Waals surface area contributed by atoms with Gasteiger partial charge in [0.1, 0.15) is 0 Å². The Morgan fingerprint density at radius 3 is 1.51 bits per heavy atom. The maximum Gasteiger partial charge on any atom is 0.0347 e. The predicted molar refractivity (Wildman–Crippen MR) is 159 cm³/mol. The third-order valence-electron chi connectivity index (χ3n) is 9.87. The van der Waals surface area contributed by atoms with Crippen LogP contribution in [-0.2, 0) is 22.7 Å². The topological polar surface area (TPSA) is 0 Å². The number of allylic oxidation sites excluding steroid dienone is 12. The van der Waals surface area contributed by atoms with Crippen LogP contribution < -0.4 is 0 Å². The second-order valence-electron chi connectivity index (χ2n) is 12.5. The number of hydrogen-bond donors (Lipinski definition) is 0. The Hall–Kier alpha value is -3.12. The first-order valence-corrected chi connectivity index (χ1v) is 14.2. The van der Waals surface area contributed by atoms with Gasteiger partial charge < -0.3 is 0 Å². The molecule has 0 aromatic heterocycles. The maximum atomic E-state index is 2.60. The molecule has 4 aliphatic carbocycles. The largest absolute Gasteiger partial charge is 0.0699 e. The molecular formula is C37H40. The third-order valence-corrected chi connectivity index (χ3v) is 9.87. The molecule has 0 radical (unpaired) electrons. The van der Waals surface area contributed by atoms with Crippen molar-refractivity contribution < 1.29 is 0 Å². The van der Waals surface area contributed by atoms with Gasteiger partial charge in [0.25, 0.3) is 0 Å². The Labute approximate surface area is 223 Å². The van der Waals surface area contributed by atoms with Crippen LogP contribution in [0, 0.1) is 17.8 Å². The van der Waals surface area contributed by atoms with Gasteiger partial charge >= 0.3 is 0 Å². The lowest BCUT2D eigenvalue weighted by Gasteiger charge is -2.45. The van der Waals surface area contributed by atoms with E-state index in [0.29, 0.717) is 17.8 Å². The molecule has 0 spiro atoms. The summed E-state index contributed by atoms with van der Waals surface area (Å²) in [7, 11) is 0. The molecule has 0 saturated heterocycles. The minimum absolute atomic E-state index is 0.131.